The number of hydrogen-bond donors (Lipinski definition) is 0. The molecule has 0 amide bonds. The van der Waals surface area contributed by atoms with Crippen LogP contribution in [0.2, 0.25) is 0 Å². The minimum absolute atomic E-state index is 0.0840. The van der Waals surface area contributed by atoms with E-state index in [1.807, 2.05) is 0 Å². The fraction of sp³-hybridized carbons (Fsp3) is 0.882. The van der Waals surface area contributed by atoms with Crippen molar-refractivity contribution in [3.8, 4) is 0 Å². The fourth-order valence-electron chi connectivity index (χ4n) is 2.59. The lowest BCUT2D eigenvalue weighted by Gasteiger charge is -2.34. The van der Waals surface area contributed by atoms with Crippen molar-refractivity contribution in [1.82, 2.24) is 0 Å². The van der Waals surface area contributed by atoms with E-state index in [0.29, 0.717) is 5.92 Å². The van der Waals surface area contributed by atoms with Crippen LogP contribution in [0, 0.1) is 5.92 Å². The Morgan fingerprint density at radius 2 is 1.61 bits per heavy atom. The second-order valence-corrected chi connectivity index (χ2v) is 6.17. The van der Waals surface area contributed by atoms with Crippen LogP contribution in [-0.4, -0.2) is 11.7 Å². The summed E-state index contributed by atoms with van der Waals surface area (Å²) < 4.78 is 6.02. The minimum atomic E-state index is -0.0840. The molecule has 0 aromatic heterocycles. The minimum Gasteiger partial charge on any atom is -0.372 e. The highest BCUT2D eigenvalue weighted by Crippen LogP contribution is 2.28. The molecular weight excluding hydrogens is 220 g/mol. The molecule has 0 rings (SSSR count). The summed E-state index contributed by atoms with van der Waals surface area (Å²) in [5.41, 5.74) is -0.0840. The van der Waals surface area contributed by atoms with E-state index in [0.717, 1.165) is 0 Å². The Morgan fingerprint density at radius 1 is 1.06 bits per heavy atom. The molecule has 108 valence electrons. The number of hydrogen-bond acceptors (Lipinski definition) is 1. The third-order valence-electron chi connectivity index (χ3n) is 3.59. The first-order valence-electron chi connectivity index (χ1n) is 7.74. The Hall–Kier alpha value is -0.300. The summed E-state index contributed by atoms with van der Waals surface area (Å²) in [5.74, 6) is 0.464. The first-order chi connectivity index (χ1) is 8.44. The summed E-state index contributed by atoms with van der Waals surface area (Å²) in [4.78, 5) is 0. The van der Waals surface area contributed by atoms with Gasteiger partial charge in [0.2, 0.25) is 0 Å². The van der Waals surface area contributed by atoms with Crippen molar-refractivity contribution in [1.29, 1.82) is 0 Å². The zero-order valence-corrected chi connectivity index (χ0v) is 13.3. The van der Waals surface area contributed by atoms with Gasteiger partial charge in [-0.05, 0) is 34.1 Å². The summed E-state index contributed by atoms with van der Waals surface area (Å²) in [6.07, 6.45) is 11.7. The lowest BCUT2D eigenvalue weighted by molar-refractivity contribution is -0.0827. The first kappa shape index (κ1) is 17.7. The molecule has 0 spiro atoms. The quantitative estimate of drug-likeness (QED) is 0.337. The van der Waals surface area contributed by atoms with Crippen LogP contribution in [0.4, 0.5) is 0 Å². The molecule has 1 heteroatoms. The van der Waals surface area contributed by atoms with Gasteiger partial charge < -0.3 is 4.74 Å². The van der Waals surface area contributed by atoms with Crippen LogP contribution in [0.25, 0.3) is 0 Å². The predicted octanol–water partition coefficient (Wildman–Crippen LogP) is 5.74. The molecule has 0 aliphatic rings. The van der Waals surface area contributed by atoms with Gasteiger partial charge in [0.1, 0.15) is 0 Å². The van der Waals surface area contributed by atoms with E-state index < -0.39 is 0 Å². The molecular formula is C17H34O. The van der Waals surface area contributed by atoms with Crippen molar-refractivity contribution in [2.75, 3.05) is 0 Å². The largest absolute Gasteiger partial charge is 0.372 e. The van der Waals surface area contributed by atoms with Crippen LogP contribution in [0.3, 0.4) is 0 Å². The van der Waals surface area contributed by atoms with Crippen molar-refractivity contribution in [2.45, 2.75) is 91.3 Å². The molecule has 18 heavy (non-hydrogen) atoms. The summed E-state index contributed by atoms with van der Waals surface area (Å²) in [6.45, 7) is 14.8. The Labute approximate surface area is 115 Å². The monoisotopic (exact) mass is 254 g/mol. The second-order valence-electron chi connectivity index (χ2n) is 6.17. The molecule has 0 aliphatic carbocycles. The first-order valence-corrected chi connectivity index (χ1v) is 7.74. The highest BCUT2D eigenvalue weighted by Gasteiger charge is 2.28. The van der Waals surface area contributed by atoms with Gasteiger partial charge in [-0.15, -0.1) is 6.58 Å². The van der Waals surface area contributed by atoms with Gasteiger partial charge in [-0.2, -0.15) is 0 Å². The normalized spacial score (nSPS) is 13.9. The van der Waals surface area contributed by atoms with Crippen LogP contribution in [0.5, 0.6) is 0 Å². The van der Waals surface area contributed by atoms with Crippen LogP contribution in [0.1, 0.15) is 79.6 Å². The standard InChI is InChI=1S/C17H34O/c1-7-9-10-11-12-13-14-16(8-2)17(5,6)18-15(3)4/h8,15-16H,2,7,9-14H2,1,3-6H3. The predicted molar refractivity (Wildman–Crippen MR) is 82.0 cm³/mol. The molecule has 0 aromatic rings. The third kappa shape index (κ3) is 7.92. The average molecular weight is 254 g/mol. The Balaban J connectivity index is 3.92. The lowest BCUT2D eigenvalue weighted by Crippen LogP contribution is -2.35. The summed E-state index contributed by atoms with van der Waals surface area (Å²) in [7, 11) is 0. The van der Waals surface area contributed by atoms with E-state index in [4.69, 9.17) is 4.74 Å². The van der Waals surface area contributed by atoms with Gasteiger partial charge >= 0.3 is 0 Å². The van der Waals surface area contributed by atoms with Gasteiger partial charge in [-0.3, -0.25) is 0 Å². The van der Waals surface area contributed by atoms with Gasteiger partial charge in [0.25, 0.3) is 0 Å². The molecule has 0 saturated carbocycles. The highest BCUT2D eigenvalue weighted by atomic mass is 16.5. The van der Waals surface area contributed by atoms with E-state index in [-0.39, 0.29) is 11.7 Å². The van der Waals surface area contributed by atoms with Crippen molar-refractivity contribution >= 4 is 0 Å². The van der Waals surface area contributed by atoms with E-state index in [1.165, 1.54) is 44.9 Å². The zero-order chi connectivity index (χ0) is 14.0. The molecule has 1 unspecified atom stereocenters. The molecule has 0 fully saturated rings. The van der Waals surface area contributed by atoms with Crippen LogP contribution < -0.4 is 0 Å². The SMILES string of the molecule is C=CC(CCCCCCCC)C(C)(C)OC(C)C. The number of unbranched alkanes of at least 4 members (excludes halogenated alkanes) is 5. The number of rotatable bonds is 11. The van der Waals surface area contributed by atoms with Gasteiger partial charge in [-0.25, -0.2) is 0 Å². The highest BCUT2D eigenvalue weighted by molar-refractivity contribution is 4.92. The van der Waals surface area contributed by atoms with Crippen LogP contribution in [0.15, 0.2) is 12.7 Å². The molecule has 0 N–H and O–H groups in total. The maximum Gasteiger partial charge on any atom is 0.0692 e. The third-order valence-corrected chi connectivity index (χ3v) is 3.59. The van der Waals surface area contributed by atoms with E-state index >= 15 is 0 Å². The molecule has 0 aromatic carbocycles. The topological polar surface area (TPSA) is 9.23 Å². The maximum atomic E-state index is 6.02. The molecule has 0 radical (unpaired) electrons. The molecule has 0 heterocycles. The van der Waals surface area contributed by atoms with E-state index in [2.05, 4.69) is 47.3 Å². The Morgan fingerprint density at radius 3 is 2.11 bits per heavy atom. The van der Waals surface area contributed by atoms with Crippen LogP contribution >= 0.6 is 0 Å². The average Bonchev–Trinajstić information content (AvgIpc) is 2.26. The zero-order valence-electron chi connectivity index (χ0n) is 13.3. The smallest absolute Gasteiger partial charge is 0.0692 e. The molecule has 1 atom stereocenters. The molecule has 0 aliphatic heterocycles. The van der Waals surface area contributed by atoms with Crippen molar-refractivity contribution in [3.05, 3.63) is 12.7 Å². The van der Waals surface area contributed by atoms with Crippen molar-refractivity contribution in [3.63, 3.8) is 0 Å². The van der Waals surface area contributed by atoms with Crippen molar-refractivity contribution < 1.29 is 4.74 Å². The Bertz CT molecular complexity index is 206. The second kappa shape index (κ2) is 9.61. The number of ether oxygens (including phenoxy) is 1. The molecule has 1 nitrogen and oxygen atoms in total. The van der Waals surface area contributed by atoms with Gasteiger partial charge in [-0.1, -0.05) is 51.5 Å². The molecule has 0 saturated heterocycles. The Kier molecular flexibility index (Phi) is 9.45. The van der Waals surface area contributed by atoms with E-state index in [9.17, 15) is 0 Å². The summed E-state index contributed by atoms with van der Waals surface area (Å²) in [5, 5.41) is 0. The van der Waals surface area contributed by atoms with Gasteiger partial charge in [0.05, 0.1) is 11.7 Å². The van der Waals surface area contributed by atoms with Gasteiger partial charge in [0, 0.05) is 5.92 Å². The maximum absolute atomic E-state index is 6.02. The van der Waals surface area contributed by atoms with Crippen molar-refractivity contribution in [2.24, 2.45) is 5.92 Å². The van der Waals surface area contributed by atoms with E-state index in [1.54, 1.807) is 0 Å². The lowest BCUT2D eigenvalue weighted by atomic mass is 9.86. The van der Waals surface area contributed by atoms with Crippen LogP contribution in [-0.2, 0) is 4.74 Å². The summed E-state index contributed by atoms with van der Waals surface area (Å²) >= 11 is 0. The van der Waals surface area contributed by atoms with Gasteiger partial charge in [0.15, 0.2) is 0 Å². The fourth-order valence-corrected chi connectivity index (χ4v) is 2.59. The molecule has 0 bridgehead atoms. The summed E-state index contributed by atoms with van der Waals surface area (Å²) in [6, 6.07) is 0.